The number of nitrogens with zero attached hydrogens (tertiary/aromatic N) is 1. The second-order valence-electron chi connectivity index (χ2n) is 4.44. The molecule has 0 spiro atoms. The van der Waals surface area contributed by atoms with Crippen LogP contribution in [0.1, 0.15) is 25.7 Å². The highest BCUT2D eigenvalue weighted by atomic mass is 32.2. The minimum Gasteiger partial charge on any atom is -0.330 e. The highest BCUT2D eigenvalue weighted by Crippen LogP contribution is 2.24. The first-order valence-electron chi connectivity index (χ1n) is 5.84. The first-order chi connectivity index (χ1) is 8.13. The van der Waals surface area contributed by atoms with Crippen molar-refractivity contribution in [3.05, 3.63) is 12.4 Å². The third kappa shape index (κ3) is 2.85. The second kappa shape index (κ2) is 5.16. The van der Waals surface area contributed by atoms with Gasteiger partial charge in [0.2, 0.25) is 10.0 Å². The van der Waals surface area contributed by atoms with Crippen LogP contribution in [0.5, 0.6) is 0 Å². The molecular weight excluding hydrogens is 240 g/mol. The first-order valence-corrected chi connectivity index (χ1v) is 7.33. The molecule has 2 atom stereocenters. The van der Waals surface area contributed by atoms with Gasteiger partial charge in [0.1, 0.15) is 4.90 Å². The van der Waals surface area contributed by atoms with Gasteiger partial charge >= 0.3 is 0 Å². The molecule has 1 aliphatic carbocycles. The van der Waals surface area contributed by atoms with Crippen LogP contribution in [0.4, 0.5) is 0 Å². The van der Waals surface area contributed by atoms with Crippen molar-refractivity contribution in [3.63, 3.8) is 0 Å². The maximum atomic E-state index is 12.0. The molecule has 1 aromatic rings. The third-order valence-corrected chi connectivity index (χ3v) is 4.76. The minimum atomic E-state index is -3.46. The van der Waals surface area contributed by atoms with Gasteiger partial charge in [-0.25, -0.2) is 13.1 Å². The van der Waals surface area contributed by atoms with E-state index in [9.17, 15) is 8.42 Å². The first kappa shape index (κ1) is 12.5. The molecule has 0 radical (unpaired) electrons. The van der Waals surface area contributed by atoms with Crippen LogP contribution >= 0.6 is 0 Å². The number of nitrogens with two attached hydrogens (primary N) is 1. The Morgan fingerprint density at radius 2 is 2.24 bits per heavy atom. The maximum absolute atomic E-state index is 12.0. The van der Waals surface area contributed by atoms with Gasteiger partial charge in [-0.1, -0.05) is 12.8 Å². The van der Waals surface area contributed by atoms with Crippen LogP contribution < -0.4 is 10.5 Å². The van der Waals surface area contributed by atoms with Crippen LogP contribution in [0.15, 0.2) is 17.3 Å². The zero-order valence-corrected chi connectivity index (χ0v) is 10.4. The highest BCUT2D eigenvalue weighted by molar-refractivity contribution is 7.89. The van der Waals surface area contributed by atoms with Crippen molar-refractivity contribution >= 4 is 10.0 Å². The van der Waals surface area contributed by atoms with Gasteiger partial charge in [0, 0.05) is 12.2 Å². The zero-order chi connectivity index (χ0) is 12.3. The predicted molar refractivity (Wildman–Crippen MR) is 63.7 cm³/mol. The van der Waals surface area contributed by atoms with Crippen molar-refractivity contribution in [3.8, 4) is 0 Å². The summed E-state index contributed by atoms with van der Waals surface area (Å²) in [6, 6.07) is -0.0475. The molecule has 1 aliphatic rings. The fourth-order valence-electron chi connectivity index (χ4n) is 2.30. The lowest BCUT2D eigenvalue weighted by Gasteiger charge is -2.30. The van der Waals surface area contributed by atoms with Gasteiger partial charge in [-0.05, 0) is 25.3 Å². The SMILES string of the molecule is NCC1CCCCC1NS(=O)(=O)c1cn[nH]c1. The Bertz CT molecular complexity index is 443. The summed E-state index contributed by atoms with van der Waals surface area (Å²) < 4.78 is 26.8. The molecule has 0 saturated heterocycles. The molecule has 0 bridgehead atoms. The second-order valence-corrected chi connectivity index (χ2v) is 6.16. The number of aromatic nitrogens is 2. The number of rotatable bonds is 4. The van der Waals surface area contributed by atoms with E-state index in [2.05, 4.69) is 14.9 Å². The summed E-state index contributed by atoms with van der Waals surface area (Å²) in [5.41, 5.74) is 5.68. The average molecular weight is 258 g/mol. The molecule has 0 aromatic carbocycles. The van der Waals surface area contributed by atoms with Crippen LogP contribution in [-0.2, 0) is 10.0 Å². The Morgan fingerprint density at radius 3 is 2.88 bits per heavy atom. The molecule has 7 heteroatoms. The molecule has 1 saturated carbocycles. The lowest BCUT2D eigenvalue weighted by atomic mass is 9.85. The van der Waals surface area contributed by atoms with Crippen molar-refractivity contribution < 1.29 is 8.42 Å². The van der Waals surface area contributed by atoms with Crippen LogP contribution in [0, 0.1) is 5.92 Å². The Labute approximate surface area is 101 Å². The highest BCUT2D eigenvalue weighted by Gasteiger charge is 2.28. The van der Waals surface area contributed by atoms with Gasteiger partial charge < -0.3 is 5.73 Å². The third-order valence-electron chi connectivity index (χ3n) is 3.30. The van der Waals surface area contributed by atoms with Gasteiger partial charge in [0.25, 0.3) is 0 Å². The Hall–Kier alpha value is -0.920. The number of aromatic amines is 1. The normalized spacial score (nSPS) is 25.9. The molecule has 4 N–H and O–H groups in total. The minimum absolute atomic E-state index is 0.0475. The average Bonchev–Trinajstić information content (AvgIpc) is 2.83. The van der Waals surface area contributed by atoms with Crippen molar-refractivity contribution in [2.24, 2.45) is 11.7 Å². The molecule has 1 aromatic heterocycles. The molecule has 2 unspecified atom stereocenters. The predicted octanol–water partition coefficient (Wildman–Crippen LogP) is 0.206. The fraction of sp³-hybridized carbons (Fsp3) is 0.700. The van der Waals surface area contributed by atoms with Crippen LogP contribution in [-0.4, -0.2) is 31.2 Å². The standard InChI is InChI=1S/C10H18N4O2S/c11-5-8-3-1-2-4-10(8)14-17(15,16)9-6-12-13-7-9/h6-8,10,14H,1-5,11H2,(H,12,13). The van der Waals surface area contributed by atoms with E-state index in [0.717, 1.165) is 25.7 Å². The number of nitrogens with one attached hydrogen (secondary N) is 2. The Kier molecular flexibility index (Phi) is 3.80. The molecule has 96 valence electrons. The van der Waals surface area contributed by atoms with E-state index in [-0.39, 0.29) is 16.9 Å². The van der Waals surface area contributed by atoms with E-state index in [0.29, 0.717) is 6.54 Å². The van der Waals surface area contributed by atoms with Gasteiger partial charge in [0.05, 0.1) is 6.20 Å². The van der Waals surface area contributed by atoms with Gasteiger partial charge in [0.15, 0.2) is 0 Å². The van der Waals surface area contributed by atoms with E-state index in [1.54, 1.807) is 0 Å². The molecule has 0 aliphatic heterocycles. The number of hydrogen-bond acceptors (Lipinski definition) is 4. The number of H-pyrrole nitrogens is 1. The monoisotopic (exact) mass is 258 g/mol. The van der Waals surface area contributed by atoms with E-state index in [1.165, 1.54) is 12.4 Å². The summed E-state index contributed by atoms with van der Waals surface area (Å²) in [4.78, 5) is 0.179. The molecule has 6 nitrogen and oxygen atoms in total. The zero-order valence-electron chi connectivity index (χ0n) is 9.59. The Morgan fingerprint density at radius 1 is 1.47 bits per heavy atom. The maximum Gasteiger partial charge on any atom is 0.243 e. The van der Waals surface area contributed by atoms with E-state index >= 15 is 0 Å². The Balaban J connectivity index is 2.09. The van der Waals surface area contributed by atoms with Crippen molar-refractivity contribution in [2.45, 2.75) is 36.6 Å². The van der Waals surface area contributed by atoms with Gasteiger partial charge in [-0.3, -0.25) is 5.10 Å². The molecule has 17 heavy (non-hydrogen) atoms. The summed E-state index contributed by atoms with van der Waals surface area (Å²) in [6.07, 6.45) is 6.72. The molecule has 1 heterocycles. The summed E-state index contributed by atoms with van der Waals surface area (Å²) in [7, 11) is -3.46. The van der Waals surface area contributed by atoms with Gasteiger partial charge in [-0.15, -0.1) is 0 Å². The lowest BCUT2D eigenvalue weighted by Crippen LogP contribution is -2.44. The van der Waals surface area contributed by atoms with Crippen LogP contribution in [0.3, 0.4) is 0 Å². The smallest absolute Gasteiger partial charge is 0.243 e. The van der Waals surface area contributed by atoms with E-state index in [1.807, 2.05) is 0 Å². The van der Waals surface area contributed by atoms with Crippen LogP contribution in [0.2, 0.25) is 0 Å². The topological polar surface area (TPSA) is 101 Å². The molecule has 0 amide bonds. The molecule has 2 rings (SSSR count). The molecule has 1 fully saturated rings. The number of sulfonamides is 1. The van der Waals surface area contributed by atoms with Crippen molar-refractivity contribution in [1.82, 2.24) is 14.9 Å². The summed E-state index contributed by atoms with van der Waals surface area (Å²) >= 11 is 0. The summed E-state index contributed by atoms with van der Waals surface area (Å²) in [5.74, 6) is 0.241. The van der Waals surface area contributed by atoms with Gasteiger partial charge in [-0.2, -0.15) is 5.10 Å². The summed E-state index contributed by atoms with van der Waals surface area (Å²) in [6.45, 7) is 0.526. The lowest BCUT2D eigenvalue weighted by molar-refractivity contribution is 0.296. The number of hydrogen-bond donors (Lipinski definition) is 3. The summed E-state index contributed by atoms with van der Waals surface area (Å²) in [5, 5.41) is 6.16. The van der Waals surface area contributed by atoms with Crippen molar-refractivity contribution in [2.75, 3.05) is 6.54 Å². The van der Waals surface area contributed by atoms with Crippen LogP contribution in [0.25, 0.3) is 0 Å². The van der Waals surface area contributed by atoms with E-state index < -0.39 is 10.0 Å². The largest absolute Gasteiger partial charge is 0.330 e. The van der Waals surface area contributed by atoms with Crippen molar-refractivity contribution in [1.29, 1.82) is 0 Å². The fourth-order valence-corrected chi connectivity index (χ4v) is 3.54. The van der Waals surface area contributed by atoms with E-state index in [4.69, 9.17) is 5.73 Å². The quantitative estimate of drug-likeness (QED) is 0.718. The molecular formula is C10H18N4O2S.